The van der Waals surface area contributed by atoms with E-state index in [0.717, 1.165) is 44.2 Å². The molecule has 6 nitrogen and oxygen atoms in total. The number of aromatic nitrogens is 1. The second-order valence-corrected chi connectivity index (χ2v) is 6.79. The molecule has 150 valence electrons. The molecular formula is C21H27FN4O2. The number of hydrogen-bond acceptors (Lipinski definition) is 4. The summed E-state index contributed by atoms with van der Waals surface area (Å²) in [4.78, 5) is 11.3. The summed E-state index contributed by atoms with van der Waals surface area (Å²) in [5, 5.41) is 3.36. The summed E-state index contributed by atoms with van der Waals surface area (Å²) in [6.07, 6.45) is 2.85. The van der Waals surface area contributed by atoms with Gasteiger partial charge >= 0.3 is 0 Å². The van der Waals surface area contributed by atoms with Crippen molar-refractivity contribution in [2.45, 2.75) is 19.9 Å². The molecule has 1 atom stereocenters. The Hall–Kier alpha value is -2.67. The zero-order valence-corrected chi connectivity index (χ0v) is 16.4. The summed E-state index contributed by atoms with van der Waals surface area (Å²) < 4.78 is 24.1. The fraction of sp³-hybridized carbons (Fsp3) is 0.429. The van der Waals surface area contributed by atoms with Crippen LogP contribution in [0, 0.1) is 11.7 Å². The van der Waals surface area contributed by atoms with Crippen molar-refractivity contribution in [3.05, 3.63) is 54.0 Å². The molecule has 0 amide bonds. The van der Waals surface area contributed by atoms with Crippen molar-refractivity contribution in [3.8, 4) is 11.6 Å². The van der Waals surface area contributed by atoms with E-state index in [0.29, 0.717) is 24.1 Å². The summed E-state index contributed by atoms with van der Waals surface area (Å²) in [5.74, 6) is 1.98. The Morgan fingerprint density at radius 2 is 2.25 bits per heavy atom. The topological polar surface area (TPSA) is 59.0 Å². The lowest BCUT2D eigenvalue weighted by molar-refractivity contribution is 0.157. The molecule has 2 aromatic rings. The van der Waals surface area contributed by atoms with E-state index in [1.807, 2.05) is 6.07 Å². The Morgan fingerprint density at radius 1 is 1.36 bits per heavy atom. The molecule has 1 saturated heterocycles. The fourth-order valence-electron chi connectivity index (χ4n) is 3.20. The first-order valence-corrected chi connectivity index (χ1v) is 9.58. The lowest BCUT2D eigenvalue weighted by Gasteiger charge is -2.21. The lowest BCUT2D eigenvalue weighted by atomic mass is 10.1. The lowest BCUT2D eigenvalue weighted by Crippen LogP contribution is -2.40. The minimum absolute atomic E-state index is 0.339. The number of ether oxygens (including phenoxy) is 2. The number of likely N-dealkylation sites (tertiary alicyclic amines) is 1. The van der Waals surface area contributed by atoms with Crippen LogP contribution in [0.2, 0.25) is 0 Å². The minimum atomic E-state index is -0.339. The molecule has 0 saturated carbocycles. The van der Waals surface area contributed by atoms with Gasteiger partial charge in [0.2, 0.25) is 5.88 Å². The maximum atomic E-state index is 13.2. The Morgan fingerprint density at radius 3 is 2.96 bits per heavy atom. The van der Waals surface area contributed by atoms with Gasteiger partial charge in [-0.2, -0.15) is 0 Å². The average Bonchev–Trinajstić information content (AvgIpc) is 3.15. The zero-order chi connectivity index (χ0) is 19.8. The number of nitrogens with zero attached hydrogens (tertiary/aromatic N) is 3. The van der Waals surface area contributed by atoms with Gasteiger partial charge in [-0.1, -0.05) is 12.1 Å². The van der Waals surface area contributed by atoms with Crippen LogP contribution in [0.25, 0.3) is 0 Å². The first kappa shape index (κ1) is 20.1. The van der Waals surface area contributed by atoms with Gasteiger partial charge in [0.05, 0.1) is 13.2 Å². The third-order valence-electron chi connectivity index (χ3n) is 4.55. The van der Waals surface area contributed by atoms with E-state index in [1.54, 1.807) is 31.5 Å². The maximum absolute atomic E-state index is 13.2. The van der Waals surface area contributed by atoms with Crippen molar-refractivity contribution in [3.63, 3.8) is 0 Å². The van der Waals surface area contributed by atoms with Gasteiger partial charge in [0.15, 0.2) is 5.96 Å². The quantitative estimate of drug-likeness (QED) is 0.583. The molecule has 0 spiro atoms. The molecule has 1 aromatic heterocycles. The molecule has 1 aromatic carbocycles. The number of pyridine rings is 1. The summed E-state index contributed by atoms with van der Waals surface area (Å²) >= 11 is 0. The molecule has 0 aliphatic carbocycles. The van der Waals surface area contributed by atoms with Crippen LogP contribution in [0.15, 0.2) is 47.6 Å². The fourth-order valence-corrected chi connectivity index (χ4v) is 3.20. The van der Waals surface area contributed by atoms with Gasteiger partial charge in [0.25, 0.3) is 0 Å². The Balaban J connectivity index is 1.60. The molecule has 3 rings (SSSR count). The number of aliphatic imine (C=N–C) groups is 1. The SMILES string of the molecule is CCNC(=NCc1ccc(Oc2cccc(F)c2)nc1)N1CCC(COC)C1. The van der Waals surface area contributed by atoms with E-state index in [2.05, 4.69) is 22.1 Å². The molecule has 28 heavy (non-hydrogen) atoms. The molecular weight excluding hydrogens is 359 g/mol. The summed E-state index contributed by atoms with van der Waals surface area (Å²) in [7, 11) is 1.75. The van der Waals surface area contributed by atoms with Crippen LogP contribution >= 0.6 is 0 Å². The Kier molecular flexibility index (Phi) is 7.19. The van der Waals surface area contributed by atoms with Crippen LogP contribution in [0.1, 0.15) is 18.9 Å². The zero-order valence-electron chi connectivity index (χ0n) is 16.4. The third-order valence-corrected chi connectivity index (χ3v) is 4.55. The number of nitrogens with one attached hydrogen (secondary N) is 1. The van der Waals surface area contributed by atoms with Crippen molar-refractivity contribution in [2.75, 3.05) is 33.4 Å². The van der Waals surface area contributed by atoms with Crippen molar-refractivity contribution in [1.82, 2.24) is 15.2 Å². The van der Waals surface area contributed by atoms with Gasteiger partial charge in [-0.05, 0) is 31.0 Å². The van der Waals surface area contributed by atoms with E-state index in [9.17, 15) is 4.39 Å². The molecule has 7 heteroatoms. The monoisotopic (exact) mass is 386 g/mol. The molecule has 0 bridgehead atoms. The molecule has 0 radical (unpaired) electrons. The normalized spacial score (nSPS) is 17.0. The van der Waals surface area contributed by atoms with Crippen molar-refractivity contribution in [1.29, 1.82) is 0 Å². The van der Waals surface area contributed by atoms with Crippen LogP contribution in [0.5, 0.6) is 11.6 Å². The van der Waals surface area contributed by atoms with E-state index >= 15 is 0 Å². The van der Waals surface area contributed by atoms with Crippen LogP contribution in [-0.2, 0) is 11.3 Å². The van der Waals surface area contributed by atoms with Crippen LogP contribution in [0.3, 0.4) is 0 Å². The first-order valence-electron chi connectivity index (χ1n) is 9.58. The highest BCUT2D eigenvalue weighted by atomic mass is 19.1. The smallest absolute Gasteiger partial charge is 0.219 e. The Bertz CT molecular complexity index is 782. The Labute approximate surface area is 165 Å². The van der Waals surface area contributed by atoms with Gasteiger partial charge in [0, 0.05) is 51.0 Å². The summed E-state index contributed by atoms with van der Waals surface area (Å²) in [6.45, 7) is 6.14. The predicted molar refractivity (Wildman–Crippen MR) is 107 cm³/mol. The van der Waals surface area contributed by atoms with Crippen molar-refractivity contribution in [2.24, 2.45) is 10.9 Å². The molecule has 1 aliphatic rings. The van der Waals surface area contributed by atoms with Crippen LogP contribution < -0.4 is 10.1 Å². The minimum Gasteiger partial charge on any atom is -0.439 e. The highest BCUT2D eigenvalue weighted by Gasteiger charge is 2.24. The predicted octanol–water partition coefficient (Wildman–Crippen LogP) is 3.45. The number of hydrogen-bond donors (Lipinski definition) is 1. The van der Waals surface area contributed by atoms with Gasteiger partial charge in [-0.25, -0.2) is 14.4 Å². The second kappa shape index (κ2) is 10.0. The van der Waals surface area contributed by atoms with E-state index < -0.39 is 0 Å². The third kappa shape index (κ3) is 5.66. The molecule has 1 fully saturated rings. The van der Waals surface area contributed by atoms with E-state index in [1.165, 1.54) is 12.1 Å². The number of methoxy groups -OCH3 is 1. The molecule has 1 N–H and O–H groups in total. The summed E-state index contributed by atoms with van der Waals surface area (Å²) in [5.41, 5.74) is 0.981. The van der Waals surface area contributed by atoms with Crippen molar-refractivity contribution < 1.29 is 13.9 Å². The van der Waals surface area contributed by atoms with Gasteiger partial charge in [-0.15, -0.1) is 0 Å². The number of guanidine groups is 1. The van der Waals surface area contributed by atoms with Crippen molar-refractivity contribution >= 4 is 5.96 Å². The van der Waals surface area contributed by atoms with Gasteiger partial charge in [0.1, 0.15) is 11.6 Å². The second-order valence-electron chi connectivity index (χ2n) is 6.79. The highest BCUT2D eigenvalue weighted by Crippen LogP contribution is 2.20. The van der Waals surface area contributed by atoms with Gasteiger partial charge in [-0.3, -0.25) is 0 Å². The number of rotatable bonds is 7. The number of benzene rings is 1. The first-order chi connectivity index (χ1) is 13.7. The largest absolute Gasteiger partial charge is 0.439 e. The standard InChI is InChI=1S/C21H27FN4O2/c1-3-23-21(26-10-9-17(14-26)15-27-2)25-13-16-7-8-20(24-12-16)28-19-6-4-5-18(22)11-19/h4-8,11-12,17H,3,9-10,13-15H2,1-2H3,(H,23,25). The molecule has 1 unspecified atom stereocenters. The number of halogens is 1. The molecule has 1 aliphatic heterocycles. The molecule has 2 heterocycles. The van der Waals surface area contributed by atoms with E-state index in [-0.39, 0.29) is 5.82 Å². The summed E-state index contributed by atoms with van der Waals surface area (Å²) in [6, 6.07) is 9.69. The average molecular weight is 386 g/mol. The van der Waals surface area contributed by atoms with E-state index in [4.69, 9.17) is 14.5 Å². The highest BCUT2D eigenvalue weighted by molar-refractivity contribution is 5.80. The van der Waals surface area contributed by atoms with Crippen LogP contribution in [-0.4, -0.2) is 49.2 Å². The van der Waals surface area contributed by atoms with Gasteiger partial charge < -0.3 is 19.7 Å². The maximum Gasteiger partial charge on any atom is 0.219 e. The van der Waals surface area contributed by atoms with Crippen LogP contribution in [0.4, 0.5) is 4.39 Å².